The van der Waals surface area contributed by atoms with Gasteiger partial charge in [-0.15, -0.1) is 5.10 Å². The van der Waals surface area contributed by atoms with Crippen molar-refractivity contribution in [3.8, 4) is 0 Å². The highest BCUT2D eigenvalue weighted by Gasteiger charge is 2.13. The monoisotopic (exact) mass is 219 g/mol. The predicted molar refractivity (Wildman–Crippen MR) is 53.5 cm³/mol. The molecule has 0 aromatic carbocycles. The van der Waals surface area contributed by atoms with Crippen molar-refractivity contribution in [1.82, 2.24) is 15.0 Å². The first-order valence-electron chi connectivity index (χ1n) is 4.37. The van der Waals surface area contributed by atoms with Crippen molar-refractivity contribution in [1.29, 1.82) is 0 Å². The number of ketones is 1. The molecule has 1 rings (SSSR count). The van der Waals surface area contributed by atoms with E-state index in [0.29, 0.717) is 0 Å². The topological polar surface area (TPSA) is 68.0 Å². The third kappa shape index (κ3) is 3.08. The average molecular weight is 220 g/mol. The van der Waals surface area contributed by atoms with Gasteiger partial charge in [0.1, 0.15) is 0 Å². The van der Waals surface area contributed by atoms with Gasteiger partial charge in [-0.25, -0.2) is 4.68 Å². The number of carbonyl (C=O) groups is 1. The van der Waals surface area contributed by atoms with Gasteiger partial charge in [0.05, 0.1) is 13.2 Å². The molecule has 0 unspecified atom stereocenters. The first-order chi connectivity index (χ1) is 6.66. The van der Waals surface area contributed by atoms with Crippen LogP contribution in [0.2, 0.25) is 5.15 Å². The SMILES string of the molecule is CC.CC(=O)c1nnn(CCO)c1Cl. The molecular formula is C8H14ClN3O2. The summed E-state index contributed by atoms with van der Waals surface area (Å²) in [6.45, 7) is 5.53. The second kappa shape index (κ2) is 6.50. The summed E-state index contributed by atoms with van der Waals surface area (Å²) in [4.78, 5) is 10.8. The van der Waals surface area contributed by atoms with E-state index in [2.05, 4.69) is 10.3 Å². The molecule has 1 heterocycles. The molecule has 0 spiro atoms. The van der Waals surface area contributed by atoms with Crippen molar-refractivity contribution in [3.63, 3.8) is 0 Å². The molecule has 0 fully saturated rings. The van der Waals surface area contributed by atoms with Crippen molar-refractivity contribution in [3.05, 3.63) is 10.8 Å². The Kier molecular flexibility index (Phi) is 6.07. The van der Waals surface area contributed by atoms with Gasteiger partial charge < -0.3 is 5.11 Å². The number of hydrogen-bond donors (Lipinski definition) is 1. The van der Waals surface area contributed by atoms with Crippen LogP contribution in [0, 0.1) is 0 Å². The van der Waals surface area contributed by atoms with E-state index in [1.807, 2.05) is 13.8 Å². The van der Waals surface area contributed by atoms with Gasteiger partial charge in [0.25, 0.3) is 0 Å². The molecule has 1 aromatic heterocycles. The van der Waals surface area contributed by atoms with Gasteiger partial charge in [0.2, 0.25) is 0 Å². The summed E-state index contributed by atoms with van der Waals surface area (Å²) in [5.74, 6) is -0.232. The summed E-state index contributed by atoms with van der Waals surface area (Å²) < 4.78 is 1.28. The molecule has 0 aliphatic heterocycles. The quantitative estimate of drug-likeness (QED) is 0.775. The largest absolute Gasteiger partial charge is 0.394 e. The minimum absolute atomic E-state index is 0.0829. The molecule has 0 saturated carbocycles. The van der Waals surface area contributed by atoms with E-state index in [9.17, 15) is 4.79 Å². The van der Waals surface area contributed by atoms with Crippen molar-refractivity contribution < 1.29 is 9.90 Å². The number of hydrogen-bond acceptors (Lipinski definition) is 4. The molecule has 0 radical (unpaired) electrons. The number of aliphatic hydroxyl groups is 1. The number of halogens is 1. The zero-order chi connectivity index (χ0) is 11.1. The first kappa shape index (κ1) is 13.1. The summed E-state index contributed by atoms with van der Waals surface area (Å²) in [6, 6.07) is 0. The Hall–Kier alpha value is -0.940. The molecule has 5 nitrogen and oxygen atoms in total. The van der Waals surface area contributed by atoms with Gasteiger partial charge in [-0.05, 0) is 0 Å². The zero-order valence-corrected chi connectivity index (χ0v) is 9.25. The van der Waals surface area contributed by atoms with Gasteiger partial charge in [-0.3, -0.25) is 4.79 Å². The molecule has 0 saturated heterocycles. The van der Waals surface area contributed by atoms with Crippen molar-refractivity contribution in [2.24, 2.45) is 0 Å². The van der Waals surface area contributed by atoms with E-state index in [0.717, 1.165) is 0 Å². The third-order valence-corrected chi connectivity index (χ3v) is 1.69. The van der Waals surface area contributed by atoms with Crippen LogP contribution in [0.25, 0.3) is 0 Å². The maximum absolute atomic E-state index is 10.8. The maximum Gasteiger partial charge on any atom is 0.183 e. The fraction of sp³-hybridized carbons (Fsp3) is 0.625. The fourth-order valence-corrected chi connectivity index (χ4v) is 1.04. The maximum atomic E-state index is 10.8. The Bertz CT molecular complexity index is 299. The summed E-state index contributed by atoms with van der Waals surface area (Å²) >= 11 is 5.70. The van der Waals surface area contributed by atoms with Crippen molar-refractivity contribution in [2.75, 3.05) is 6.61 Å². The van der Waals surface area contributed by atoms with E-state index in [4.69, 9.17) is 16.7 Å². The zero-order valence-electron chi connectivity index (χ0n) is 8.49. The van der Waals surface area contributed by atoms with Crippen LogP contribution in [0.5, 0.6) is 0 Å². The molecule has 6 heteroatoms. The first-order valence-corrected chi connectivity index (χ1v) is 4.75. The van der Waals surface area contributed by atoms with Gasteiger partial charge in [-0.1, -0.05) is 30.7 Å². The summed E-state index contributed by atoms with van der Waals surface area (Å²) in [6.07, 6.45) is 0. The molecule has 1 N–H and O–H groups in total. The number of aliphatic hydroxyl groups excluding tert-OH is 1. The standard InChI is InChI=1S/C6H8ClN3O2.C2H6/c1-4(12)5-6(7)10(2-3-11)9-8-5;1-2/h11H,2-3H2,1H3;1-2H3. The van der Waals surface area contributed by atoms with E-state index >= 15 is 0 Å². The third-order valence-electron chi connectivity index (χ3n) is 1.32. The number of carbonyl (C=O) groups excluding carboxylic acids is 1. The van der Waals surface area contributed by atoms with Crippen LogP contribution in [0.3, 0.4) is 0 Å². The highest BCUT2D eigenvalue weighted by Crippen LogP contribution is 2.12. The Morgan fingerprint density at radius 1 is 1.57 bits per heavy atom. The lowest BCUT2D eigenvalue weighted by Gasteiger charge is -1.96. The van der Waals surface area contributed by atoms with Gasteiger partial charge in [0, 0.05) is 6.92 Å². The van der Waals surface area contributed by atoms with E-state index in [1.54, 1.807) is 0 Å². The lowest BCUT2D eigenvalue weighted by atomic mass is 10.3. The van der Waals surface area contributed by atoms with E-state index in [-0.39, 0.29) is 29.8 Å². The van der Waals surface area contributed by atoms with Gasteiger partial charge in [0.15, 0.2) is 16.6 Å². The molecular weight excluding hydrogens is 206 g/mol. The number of rotatable bonds is 3. The van der Waals surface area contributed by atoms with Gasteiger partial charge >= 0.3 is 0 Å². The summed E-state index contributed by atoms with van der Waals surface area (Å²) in [5, 5.41) is 15.9. The highest BCUT2D eigenvalue weighted by atomic mass is 35.5. The average Bonchev–Trinajstić information content (AvgIpc) is 2.52. The molecule has 0 aliphatic rings. The number of aromatic nitrogens is 3. The number of Topliss-reactive ketones (excluding diaryl/α,β-unsaturated/α-hetero) is 1. The summed E-state index contributed by atoms with van der Waals surface area (Å²) in [7, 11) is 0. The molecule has 0 amide bonds. The summed E-state index contributed by atoms with van der Waals surface area (Å²) in [5.41, 5.74) is 0.144. The van der Waals surface area contributed by atoms with Crippen LogP contribution >= 0.6 is 11.6 Å². The van der Waals surface area contributed by atoms with Crippen LogP contribution in [0.4, 0.5) is 0 Å². The molecule has 0 bridgehead atoms. The smallest absolute Gasteiger partial charge is 0.183 e. The predicted octanol–water partition coefficient (Wildman–Crippen LogP) is 1.15. The van der Waals surface area contributed by atoms with Crippen LogP contribution in [0.15, 0.2) is 0 Å². The van der Waals surface area contributed by atoms with Gasteiger partial charge in [-0.2, -0.15) is 0 Å². The molecule has 80 valence electrons. The molecule has 14 heavy (non-hydrogen) atoms. The second-order valence-corrected chi connectivity index (χ2v) is 2.59. The van der Waals surface area contributed by atoms with Crippen LogP contribution < -0.4 is 0 Å². The Morgan fingerprint density at radius 3 is 2.50 bits per heavy atom. The number of nitrogens with zero attached hydrogens (tertiary/aromatic N) is 3. The lowest BCUT2D eigenvalue weighted by molar-refractivity contribution is 0.101. The van der Waals surface area contributed by atoms with Crippen LogP contribution in [-0.4, -0.2) is 32.5 Å². The molecule has 0 atom stereocenters. The van der Waals surface area contributed by atoms with Crippen molar-refractivity contribution in [2.45, 2.75) is 27.3 Å². The Balaban J connectivity index is 0.000000791. The minimum Gasteiger partial charge on any atom is -0.394 e. The fourth-order valence-electron chi connectivity index (χ4n) is 0.755. The second-order valence-electron chi connectivity index (χ2n) is 2.23. The molecule has 1 aromatic rings. The normalized spacial score (nSPS) is 9.21. The van der Waals surface area contributed by atoms with E-state index in [1.165, 1.54) is 11.6 Å². The Labute approximate surface area is 87.7 Å². The van der Waals surface area contributed by atoms with Crippen LogP contribution in [0.1, 0.15) is 31.3 Å². The highest BCUT2D eigenvalue weighted by molar-refractivity contribution is 6.32. The molecule has 0 aliphatic carbocycles. The minimum atomic E-state index is -0.232. The van der Waals surface area contributed by atoms with Crippen molar-refractivity contribution >= 4 is 17.4 Å². The van der Waals surface area contributed by atoms with E-state index < -0.39 is 0 Å². The lowest BCUT2D eigenvalue weighted by Crippen LogP contribution is -2.04. The Morgan fingerprint density at radius 2 is 2.14 bits per heavy atom. The van der Waals surface area contributed by atoms with Crippen LogP contribution in [-0.2, 0) is 6.54 Å².